The van der Waals surface area contributed by atoms with E-state index in [-0.39, 0.29) is 12.5 Å². The lowest BCUT2D eigenvalue weighted by Crippen LogP contribution is -2.47. The molecule has 8 heteroatoms. The third-order valence-corrected chi connectivity index (χ3v) is 2.27. The quantitative estimate of drug-likeness (QED) is 0.546. The molecule has 114 valence electrons. The number of hydrogen-bond donors (Lipinski definition) is 2. The second kappa shape index (κ2) is 8.89. The normalized spacial score (nSPS) is 11.4. The van der Waals surface area contributed by atoms with Crippen LogP contribution in [0.15, 0.2) is 0 Å². The summed E-state index contributed by atoms with van der Waals surface area (Å²) in [4.78, 5) is 45.2. The lowest BCUT2D eigenvalue weighted by atomic mass is 10.1. The first-order valence-electron chi connectivity index (χ1n) is 6.24. The number of urea groups is 2. The molecule has 0 aromatic rings. The Morgan fingerprint density at radius 1 is 1.25 bits per heavy atom. The van der Waals surface area contributed by atoms with Gasteiger partial charge in [-0.1, -0.05) is 13.8 Å². The summed E-state index contributed by atoms with van der Waals surface area (Å²) in [5.41, 5.74) is 0. The maximum Gasteiger partial charge on any atom is 0.332 e. The maximum atomic E-state index is 11.6. The predicted molar refractivity (Wildman–Crippen MR) is 70.8 cm³/mol. The number of hydrogen-bond acceptors (Lipinski definition) is 5. The van der Waals surface area contributed by atoms with Crippen molar-refractivity contribution < 1.29 is 23.9 Å². The summed E-state index contributed by atoms with van der Waals surface area (Å²) in [6, 6.07) is -1.77. The van der Waals surface area contributed by atoms with Crippen LogP contribution >= 0.6 is 0 Å². The molecule has 0 bridgehead atoms. The van der Waals surface area contributed by atoms with Crippen LogP contribution in [0.4, 0.5) is 9.59 Å². The molecule has 2 N–H and O–H groups in total. The Labute approximate surface area is 117 Å². The summed E-state index contributed by atoms with van der Waals surface area (Å²) in [7, 11) is 1.32. The fourth-order valence-electron chi connectivity index (χ4n) is 1.50. The first kappa shape index (κ1) is 17.9. The van der Waals surface area contributed by atoms with Gasteiger partial charge in [-0.05, 0) is 19.3 Å². The molecule has 0 aliphatic rings. The number of esters is 1. The second-order valence-electron chi connectivity index (χ2n) is 4.67. The Bertz CT molecular complexity index is 370. The summed E-state index contributed by atoms with van der Waals surface area (Å²) in [5.74, 6) is -0.353. The number of amides is 5. The number of carbonyl (C=O) groups is 4. The SMILES string of the molecule is CNC(=O)NC(=O)N(C=O)CC(=O)OC(C)CC(C)C. The molecular weight excluding hydrogens is 266 g/mol. The smallest absolute Gasteiger partial charge is 0.332 e. The number of rotatable bonds is 6. The van der Waals surface area contributed by atoms with Crippen molar-refractivity contribution in [3.8, 4) is 0 Å². The van der Waals surface area contributed by atoms with Crippen molar-refractivity contribution in [1.29, 1.82) is 0 Å². The van der Waals surface area contributed by atoms with Crippen molar-refractivity contribution in [2.24, 2.45) is 5.92 Å². The average Bonchev–Trinajstić information content (AvgIpc) is 2.34. The third kappa shape index (κ3) is 7.34. The minimum Gasteiger partial charge on any atom is -0.461 e. The first-order valence-corrected chi connectivity index (χ1v) is 6.24. The number of nitrogens with zero attached hydrogens (tertiary/aromatic N) is 1. The van der Waals surface area contributed by atoms with Crippen molar-refractivity contribution in [2.75, 3.05) is 13.6 Å². The van der Waals surface area contributed by atoms with Gasteiger partial charge in [-0.2, -0.15) is 0 Å². The highest BCUT2D eigenvalue weighted by Gasteiger charge is 2.20. The highest BCUT2D eigenvalue weighted by Crippen LogP contribution is 2.07. The zero-order valence-corrected chi connectivity index (χ0v) is 12.1. The van der Waals surface area contributed by atoms with Crippen molar-refractivity contribution in [3.63, 3.8) is 0 Å². The lowest BCUT2D eigenvalue weighted by molar-refractivity contribution is -0.150. The summed E-state index contributed by atoms with van der Waals surface area (Å²) >= 11 is 0. The van der Waals surface area contributed by atoms with Crippen LogP contribution in [0.5, 0.6) is 0 Å². The lowest BCUT2D eigenvalue weighted by Gasteiger charge is -2.18. The molecule has 5 amide bonds. The van der Waals surface area contributed by atoms with Crippen molar-refractivity contribution in [2.45, 2.75) is 33.3 Å². The summed E-state index contributed by atoms with van der Waals surface area (Å²) in [6.45, 7) is 5.15. The van der Waals surface area contributed by atoms with Gasteiger partial charge in [-0.25, -0.2) is 9.59 Å². The van der Waals surface area contributed by atoms with Crippen LogP contribution in [0.2, 0.25) is 0 Å². The molecule has 0 aromatic heterocycles. The van der Waals surface area contributed by atoms with Gasteiger partial charge in [0, 0.05) is 7.05 Å². The fraction of sp³-hybridized carbons (Fsp3) is 0.667. The van der Waals surface area contributed by atoms with Crippen LogP contribution in [0, 0.1) is 5.92 Å². The highest BCUT2D eigenvalue weighted by molar-refractivity contribution is 5.98. The van der Waals surface area contributed by atoms with E-state index in [1.165, 1.54) is 7.05 Å². The molecule has 0 fully saturated rings. The average molecular weight is 287 g/mol. The van der Waals surface area contributed by atoms with Gasteiger partial charge < -0.3 is 10.1 Å². The van der Waals surface area contributed by atoms with Crippen LogP contribution in [0.25, 0.3) is 0 Å². The van der Waals surface area contributed by atoms with Crippen molar-refractivity contribution in [1.82, 2.24) is 15.5 Å². The zero-order chi connectivity index (χ0) is 15.7. The molecule has 1 atom stereocenters. The van der Waals surface area contributed by atoms with Gasteiger partial charge in [0.25, 0.3) is 0 Å². The van der Waals surface area contributed by atoms with Gasteiger partial charge in [-0.3, -0.25) is 19.8 Å². The Hall–Kier alpha value is -2.12. The fourth-order valence-corrected chi connectivity index (χ4v) is 1.50. The van der Waals surface area contributed by atoms with Gasteiger partial charge in [-0.15, -0.1) is 0 Å². The second-order valence-corrected chi connectivity index (χ2v) is 4.67. The topological polar surface area (TPSA) is 105 Å². The van der Waals surface area contributed by atoms with Gasteiger partial charge in [0.15, 0.2) is 0 Å². The molecule has 20 heavy (non-hydrogen) atoms. The highest BCUT2D eigenvalue weighted by atomic mass is 16.5. The van der Waals surface area contributed by atoms with Crippen LogP contribution in [0.1, 0.15) is 27.2 Å². The van der Waals surface area contributed by atoms with Gasteiger partial charge in [0.2, 0.25) is 6.41 Å². The van der Waals surface area contributed by atoms with Crippen molar-refractivity contribution in [3.05, 3.63) is 0 Å². The maximum absolute atomic E-state index is 11.6. The predicted octanol–water partition coefficient (Wildman–Crippen LogP) is 0.472. The Morgan fingerprint density at radius 2 is 1.85 bits per heavy atom. The number of nitrogens with one attached hydrogen (secondary N) is 2. The molecule has 1 unspecified atom stereocenters. The van der Waals surface area contributed by atoms with Crippen molar-refractivity contribution >= 4 is 24.4 Å². The zero-order valence-electron chi connectivity index (χ0n) is 12.1. The number of ether oxygens (including phenoxy) is 1. The van der Waals surface area contributed by atoms with E-state index in [0.29, 0.717) is 17.2 Å². The van der Waals surface area contributed by atoms with E-state index in [4.69, 9.17) is 4.74 Å². The number of imide groups is 2. The molecule has 0 aromatic carbocycles. The summed E-state index contributed by atoms with van der Waals surface area (Å²) < 4.78 is 5.05. The molecule has 0 saturated heterocycles. The minimum absolute atomic E-state index is 0.159. The van der Waals surface area contributed by atoms with E-state index < -0.39 is 24.6 Å². The molecule has 0 spiro atoms. The van der Waals surface area contributed by atoms with Crippen LogP contribution in [-0.4, -0.2) is 49.0 Å². The van der Waals surface area contributed by atoms with E-state index in [2.05, 4.69) is 5.32 Å². The van der Waals surface area contributed by atoms with E-state index in [1.54, 1.807) is 6.92 Å². The largest absolute Gasteiger partial charge is 0.461 e. The molecular formula is C12H21N3O5. The Kier molecular flexibility index (Phi) is 7.95. The first-order chi connectivity index (χ1) is 9.29. The minimum atomic E-state index is -0.993. The van der Waals surface area contributed by atoms with Crippen LogP contribution in [0.3, 0.4) is 0 Å². The Morgan fingerprint density at radius 3 is 2.30 bits per heavy atom. The van der Waals surface area contributed by atoms with Crippen LogP contribution in [-0.2, 0) is 14.3 Å². The molecule has 0 radical (unpaired) electrons. The monoisotopic (exact) mass is 287 g/mol. The molecule has 0 saturated carbocycles. The van der Waals surface area contributed by atoms with Crippen LogP contribution < -0.4 is 10.6 Å². The molecule has 0 heterocycles. The van der Waals surface area contributed by atoms with Gasteiger partial charge in [0.1, 0.15) is 6.54 Å². The van der Waals surface area contributed by atoms with E-state index in [1.807, 2.05) is 19.2 Å². The third-order valence-electron chi connectivity index (χ3n) is 2.27. The van der Waals surface area contributed by atoms with E-state index >= 15 is 0 Å². The molecule has 0 aliphatic carbocycles. The number of carbonyl (C=O) groups excluding carboxylic acids is 4. The van der Waals surface area contributed by atoms with E-state index in [9.17, 15) is 19.2 Å². The van der Waals surface area contributed by atoms with E-state index in [0.717, 1.165) is 0 Å². The van der Waals surface area contributed by atoms with Gasteiger partial charge in [0.05, 0.1) is 6.10 Å². The molecule has 0 aliphatic heterocycles. The molecule has 0 rings (SSSR count). The standard InChI is InChI=1S/C12H21N3O5/c1-8(2)5-9(3)20-10(17)6-15(7-16)12(19)14-11(18)13-4/h7-9H,5-6H2,1-4H3,(H2,13,14,18,19). The Balaban J connectivity index is 4.35. The summed E-state index contributed by atoms with van der Waals surface area (Å²) in [6.07, 6.45) is 0.530. The van der Waals surface area contributed by atoms with Gasteiger partial charge >= 0.3 is 18.0 Å². The summed E-state index contributed by atoms with van der Waals surface area (Å²) in [5, 5.41) is 4.02. The molecule has 8 nitrogen and oxygen atoms in total.